The fourth-order valence-corrected chi connectivity index (χ4v) is 2.98. The largest absolute Gasteiger partial charge is 0.379 e. The Morgan fingerprint density at radius 1 is 0.913 bits per heavy atom. The van der Waals surface area contributed by atoms with Crippen molar-refractivity contribution >= 4 is 0 Å². The van der Waals surface area contributed by atoms with Crippen molar-refractivity contribution in [2.24, 2.45) is 0 Å². The summed E-state index contributed by atoms with van der Waals surface area (Å²) in [4.78, 5) is 0. The molecular formula is C19H28O4. The van der Waals surface area contributed by atoms with Crippen molar-refractivity contribution < 1.29 is 18.9 Å². The molecule has 23 heavy (non-hydrogen) atoms. The van der Waals surface area contributed by atoms with Gasteiger partial charge in [-0.25, -0.2) is 0 Å². The topological polar surface area (TPSA) is 36.9 Å². The van der Waals surface area contributed by atoms with E-state index in [-0.39, 0.29) is 0 Å². The fraction of sp³-hybridized carbons (Fsp3) is 0.684. The SMILES string of the molecule is c1ccc(COC2CC(OCCCOC3CCCOC3)C2)cc1. The number of hydrogen-bond acceptors (Lipinski definition) is 4. The van der Waals surface area contributed by atoms with Crippen LogP contribution in [0.3, 0.4) is 0 Å². The van der Waals surface area contributed by atoms with Crippen molar-refractivity contribution in [2.45, 2.75) is 57.0 Å². The van der Waals surface area contributed by atoms with E-state index in [1.807, 2.05) is 18.2 Å². The van der Waals surface area contributed by atoms with Gasteiger partial charge in [0.25, 0.3) is 0 Å². The van der Waals surface area contributed by atoms with Crippen LogP contribution in [0.15, 0.2) is 30.3 Å². The van der Waals surface area contributed by atoms with Crippen LogP contribution in [0.2, 0.25) is 0 Å². The van der Waals surface area contributed by atoms with Gasteiger partial charge in [0, 0.05) is 19.8 Å². The van der Waals surface area contributed by atoms with E-state index in [2.05, 4.69) is 12.1 Å². The zero-order valence-electron chi connectivity index (χ0n) is 13.8. The van der Waals surface area contributed by atoms with Crippen LogP contribution in [0.1, 0.15) is 37.7 Å². The van der Waals surface area contributed by atoms with Gasteiger partial charge in [-0.15, -0.1) is 0 Å². The molecule has 1 saturated carbocycles. The molecule has 128 valence electrons. The van der Waals surface area contributed by atoms with Gasteiger partial charge in [0.05, 0.1) is 31.5 Å². The first-order chi connectivity index (χ1) is 11.4. The van der Waals surface area contributed by atoms with Gasteiger partial charge in [-0.05, 0) is 37.7 Å². The van der Waals surface area contributed by atoms with Crippen LogP contribution in [-0.4, -0.2) is 44.7 Å². The number of hydrogen-bond donors (Lipinski definition) is 0. The lowest BCUT2D eigenvalue weighted by molar-refractivity contribution is -0.111. The summed E-state index contributed by atoms with van der Waals surface area (Å²) in [5.41, 5.74) is 1.24. The van der Waals surface area contributed by atoms with Gasteiger partial charge in [-0.2, -0.15) is 0 Å². The van der Waals surface area contributed by atoms with E-state index >= 15 is 0 Å². The third-order valence-electron chi connectivity index (χ3n) is 4.49. The molecule has 4 heteroatoms. The molecule has 1 saturated heterocycles. The summed E-state index contributed by atoms with van der Waals surface area (Å²) in [6, 6.07) is 10.3. The molecule has 1 atom stereocenters. The first kappa shape index (κ1) is 16.9. The Balaban J connectivity index is 1.16. The minimum absolute atomic E-state index is 0.295. The van der Waals surface area contributed by atoms with Gasteiger partial charge in [0.15, 0.2) is 0 Å². The molecule has 0 radical (unpaired) electrons. The fourth-order valence-electron chi connectivity index (χ4n) is 2.98. The molecule has 1 heterocycles. The van der Waals surface area contributed by atoms with Crippen LogP contribution in [0.25, 0.3) is 0 Å². The maximum absolute atomic E-state index is 5.88. The van der Waals surface area contributed by atoms with Crippen molar-refractivity contribution in [3.63, 3.8) is 0 Å². The molecule has 2 fully saturated rings. The van der Waals surface area contributed by atoms with Crippen LogP contribution in [0.4, 0.5) is 0 Å². The molecular weight excluding hydrogens is 292 g/mol. The Kier molecular flexibility index (Phi) is 6.89. The zero-order valence-corrected chi connectivity index (χ0v) is 13.8. The summed E-state index contributed by atoms with van der Waals surface area (Å²) in [5.74, 6) is 0. The highest BCUT2D eigenvalue weighted by Gasteiger charge is 2.30. The number of benzene rings is 1. The average molecular weight is 320 g/mol. The molecule has 1 unspecified atom stereocenters. The lowest BCUT2D eigenvalue weighted by Gasteiger charge is -2.35. The summed E-state index contributed by atoms with van der Waals surface area (Å²) in [7, 11) is 0. The molecule has 0 aromatic heterocycles. The van der Waals surface area contributed by atoms with Gasteiger partial charge in [0.1, 0.15) is 0 Å². The third-order valence-corrected chi connectivity index (χ3v) is 4.49. The second-order valence-corrected chi connectivity index (χ2v) is 6.45. The average Bonchev–Trinajstić information content (AvgIpc) is 2.57. The van der Waals surface area contributed by atoms with Crippen LogP contribution >= 0.6 is 0 Å². The van der Waals surface area contributed by atoms with E-state index in [1.54, 1.807) is 0 Å². The van der Waals surface area contributed by atoms with Crippen molar-refractivity contribution in [1.29, 1.82) is 0 Å². The molecule has 1 aromatic rings. The molecule has 1 aliphatic heterocycles. The molecule has 0 amide bonds. The molecule has 1 aromatic carbocycles. The quantitative estimate of drug-likeness (QED) is 0.654. The maximum atomic E-state index is 5.88. The highest BCUT2D eigenvalue weighted by atomic mass is 16.5. The van der Waals surface area contributed by atoms with Crippen LogP contribution in [-0.2, 0) is 25.6 Å². The molecule has 2 aliphatic rings. The van der Waals surface area contributed by atoms with Gasteiger partial charge < -0.3 is 18.9 Å². The standard InChI is InChI=1S/C19H28O4/c1-2-6-16(7-3-1)14-23-19-12-18(13-19)22-11-5-10-21-17-8-4-9-20-15-17/h1-3,6-7,17-19H,4-5,8-15H2. The second kappa shape index (κ2) is 9.38. The summed E-state index contributed by atoms with van der Waals surface area (Å²) >= 11 is 0. The van der Waals surface area contributed by atoms with Crippen LogP contribution in [0.5, 0.6) is 0 Å². The summed E-state index contributed by atoms with van der Waals surface area (Å²) in [6.45, 7) is 3.90. The Bertz CT molecular complexity index is 424. The Labute approximate surface area is 139 Å². The molecule has 0 spiro atoms. The van der Waals surface area contributed by atoms with Crippen molar-refractivity contribution in [3.8, 4) is 0 Å². The van der Waals surface area contributed by atoms with E-state index in [0.29, 0.717) is 24.9 Å². The summed E-state index contributed by atoms with van der Waals surface area (Å²) < 4.78 is 22.9. The number of ether oxygens (including phenoxy) is 4. The molecule has 0 N–H and O–H groups in total. The monoisotopic (exact) mass is 320 g/mol. The smallest absolute Gasteiger partial charge is 0.0809 e. The van der Waals surface area contributed by atoms with Crippen molar-refractivity contribution in [3.05, 3.63) is 35.9 Å². The summed E-state index contributed by atoms with van der Waals surface area (Å²) in [5, 5.41) is 0. The normalized spacial score (nSPS) is 27.6. The van der Waals surface area contributed by atoms with E-state index < -0.39 is 0 Å². The highest BCUT2D eigenvalue weighted by molar-refractivity contribution is 5.13. The van der Waals surface area contributed by atoms with E-state index in [4.69, 9.17) is 18.9 Å². The van der Waals surface area contributed by atoms with E-state index in [9.17, 15) is 0 Å². The highest BCUT2D eigenvalue weighted by Crippen LogP contribution is 2.27. The van der Waals surface area contributed by atoms with E-state index in [0.717, 1.165) is 58.5 Å². The van der Waals surface area contributed by atoms with E-state index in [1.165, 1.54) is 5.56 Å². The lowest BCUT2D eigenvalue weighted by atomic mass is 9.92. The summed E-state index contributed by atoms with van der Waals surface area (Å²) in [6.07, 6.45) is 6.27. The Hall–Kier alpha value is -0.940. The lowest BCUT2D eigenvalue weighted by Crippen LogP contribution is -2.37. The third kappa shape index (κ3) is 5.88. The molecule has 4 nitrogen and oxygen atoms in total. The van der Waals surface area contributed by atoms with Crippen molar-refractivity contribution in [2.75, 3.05) is 26.4 Å². The Morgan fingerprint density at radius 2 is 1.65 bits per heavy atom. The van der Waals surface area contributed by atoms with Gasteiger partial charge in [-0.1, -0.05) is 30.3 Å². The predicted molar refractivity (Wildman–Crippen MR) is 88.4 cm³/mol. The second-order valence-electron chi connectivity index (χ2n) is 6.45. The molecule has 3 rings (SSSR count). The van der Waals surface area contributed by atoms with Crippen molar-refractivity contribution in [1.82, 2.24) is 0 Å². The predicted octanol–water partition coefficient (Wildman–Crippen LogP) is 3.34. The van der Waals surface area contributed by atoms with Gasteiger partial charge in [-0.3, -0.25) is 0 Å². The maximum Gasteiger partial charge on any atom is 0.0809 e. The van der Waals surface area contributed by atoms with Gasteiger partial charge >= 0.3 is 0 Å². The van der Waals surface area contributed by atoms with Gasteiger partial charge in [0.2, 0.25) is 0 Å². The molecule has 0 bridgehead atoms. The molecule has 1 aliphatic carbocycles. The minimum Gasteiger partial charge on any atom is -0.379 e. The van der Waals surface area contributed by atoms with Crippen LogP contribution < -0.4 is 0 Å². The first-order valence-corrected chi connectivity index (χ1v) is 8.86. The zero-order chi connectivity index (χ0) is 15.7. The first-order valence-electron chi connectivity index (χ1n) is 8.86. The van der Waals surface area contributed by atoms with Crippen LogP contribution in [0, 0.1) is 0 Å². The Morgan fingerprint density at radius 3 is 2.39 bits per heavy atom. The minimum atomic E-state index is 0.295. The number of rotatable bonds is 9.